The molecule has 0 aromatic rings. The van der Waals surface area contributed by atoms with Crippen LogP contribution in [0.3, 0.4) is 0 Å². The molecule has 2 saturated carbocycles. The van der Waals surface area contributed by atoms with Gasteiger partial charge in [0, 0.05) is 5.92 Å². The molecule has 2 bridgehead atoms. The van der Waals surface area contributed by atoms with E-state index in [0.29, 0.717) is 11.7 Å². The van der Waals surface area contributed by atoms with E-state index >= 15 is 0 Å². The van der Waals surface area contributed by atoms with E-state index in [4.69, 9.17) is 0 Å². The third-order valence-corrected chi connectivity index (χ3v) is 3.26. The molecule has 0 radical (unpaired) electrons. The first kappa shape index (κ1) is 10.7. The van der Waals surface area contributed by atoms with Crippen molar-refractivity contribution in [2.24, 2.45) is 17.8 Å². The van der Waals surface area contributed by atoms with Crippen LogP contribution in [0, 0.1) is 17.8 Å². The van der Waals surface area contributed by atoms with Crippen molar-refractivity contribution in [1.29, 1.82) is 0 Å². The molecule has 76 valence electrons. The molecule has 2 rings (SSSR count). The number of Topliss-reactive ketones (excluding diaryl/α,β-unsaturated/α-hetero) is 1. The lowest BCUT2D eigenvalue weighted by molar-refractivity contribution is -0.122. The van der Waals surface area contributed by atoms with Crippen LogP contribution >= 0.6 is 0 Å². The van der Waals surface area contributed by atoms with E-state index in [1.165, 1.54) is 32.1 Å². The number of hydrogen-bond donors (Lipinski definition) is 0. The van der Waals surface area contributed by atoms with E-state index in [9.17, 15) is 4.79 Å². The molecule has 0 aromatic heterocycles. The predicted octanol–water partition coefficient (Wildman–Crippen LogP) is 3.43. The van der Waals surface area contributed by atoms with Crippen LogP contribution in [-0.4, -0.2) is 5.78 Å². The van der Waals surface area contributed by atoms with Gasteiger partial charge in [0.15, 0.2) is 0 Å². The fraction of sp³-hybridized carbons (Fsp3) is 0.917. The fourth-order valence-electron chi connectivity index (χ4n) is 2.74. The highest BCUT2D eigenvalue weighted by Crippen LogP contribution is 2.48. The third kappa shape index (κ3) is 2.55. The number of hydrogen-bond acceptors (Lipinski definition) is 1. The third-order valence-electron chi connectivity index (χ3n) is 3.26. The monoisotopic (exact) mass is 182 g/mol. The van der Waals surface area contributed by atoms with Crippen molar-refractivity contribution in [1.82, 2.24) is 0 Å². The summed E-state index contributed by atoms with van der Waals surface area (Å²) in [7, 11) is 0. The Morgan fingerprint density at radius 1 is 1.23 bits per heavy atom. The van der Waals surface area contributed by atoms with Gasteiger partial charge in [0.25, 0.3) is 0 Å². The molecule has 0 spiro atoms. The van der Waals surface area contributed by atoms with Crippen molar-refractivity contribution in [3.8, 4) is 0 Å². The van der Waals surface area contributed by atoms with Gasteiger partial charge in [0.1, 0.15) is 5.78 Å². The average Bonchev–Trinajstić information content (AvgIpc) is 2.64. The Balaban J connectivity index is 0.000000251. The molecule has 2 fully saturated rings. The van der Waals surface area contributed by atoms with Gasteiger partial charge in [-0.25, -0.2) is 0 Å². The average molecular weight is 182 g/mol. The number of carbonyl (C=O) groups is 1. The Hall–Kier alpha value is -0.330. The summed E-state index contributed by atoms with van der Waals surface area (Å²) in [5, 5.41) is 0. The van der Waals surface area contributed by atoms with Crippen LogP contribution < -0.4 is 0 Å². The SMILES string of the molecule is CC(=O)C1CC2CCC1C2.CCC. The summed E-state index contributed by atoms with van der Waals surface area (Å²) in [6.07, 6.45) is 6.54. The Labute approximate surface area is 81.9 Å². The fourth-order valence-corrected chi connectivity index (χ4v) is 2.74. The molecule has 0 amide bonds. The summed E-state index contributed by atoms with van der Waals surface area (Å²) in [5.74, 6) is 2.59. The maximum atomic E-state index is 11.0. The van der Waals surface area contributed by atoms with Gasteiger partial charge in [-0.2, -0.15) is 0 Å². The van der Waals surface area contributed by atoms with Gasteiger partial charge in [-0.1, -0.05) is 26.7 Å². The van der Waals surface area contributed by atoms with Crippen LogP contribution in [0.2, 0.25) is 0 Å². The molecule has 13 heavy (non-hydrogen) atoms. The Kier molecular flexibility index (Phi) is 3.95. The summed E-state index contributed by atoms with van der Waals surface area (Å²) >= 11 is 0. The minimum atomic E-state index is 0.437. The molecule has 3 atom stereocenters. The maximum Gasteiger partial charge on any atom is 0.133 e. The van der Waals surface area contributed by atoms with Gasteiger partial charge in [-0.3, -0.25) is 4.79 Å². The summed E-state index contributed by atoms with van der Waals surface area (Å²) in [6.45, 7) is 6.01. The van der Waals surface area contributed by atoms with Crippen LogP contribution in [-0.2, 0) is 4.79 Å². The van der Waals surface area contributed by atoms with Crippen LogP contribution in [0.4, 0.5) is 0 Å². The molecular weight excluding hydrogens is 160 g/mol. The molecule has 1 nitrogen and oxygen atoms in total. The number of carbonyl (C=O) groups excluding carboxylic acids is 1. The van der Waals surface area contributed by atoms with Gasteiger partial charge < -0.3 is 0 Å². The van der Waals surface area contributed by atoms with E-state index < -0.39 is 0 Å². The van der Waals surface area contributed by atoms with E-state index in [0.717, 1.165) is 11.8 Å². The summed E-state index contributed by atoms with van der Waals surface area (Å²) in [5.41, 5.74) is 0. The first-order valence-corrected chi connectivity index (χ1v) is 5.69. The van der Waals surface area contributed by atoms with Gasteiger partial charge in [-0.15, -0.1) is 0 Å². The van der Waals surface area contributed by atoms with Gasteiger partial charge in [0.05, 0.1) is 0 Å². The lowest BCUT2D eigenvalue weighted by Gasteiger charge is -2.17. The predicted molar refractivity (Wildman–Crippen MR) is 55.6 cm³/mol. The zero-order valence-corrected chi connectivity index (χ0v) is 9.18. The topological polar surface area (TPSA) is 17.1 Å². The van der Waals surface area contributed by atoms with Gasteiger partial charge >= 0.3 is 0 Å². The number of ketones is 1. The zero-order valence-electron chi connectivity index (χ0n) is 9.18. The normalized spacial score (nSPS) is 35.5. The molecule has 1 heteroatoms. The lowest BCUT2D eigenvalue weighted by atomic mass is 9.86. The second-order valence-corrected chi connectivity index (χ2v) is 4.60. The largest absolute Gasteiger partial charge is 0.300 e. The summed E-state index contributed by atoms with van der Waals surface area (Å²) in [4.78, 5) is 11.0. The van der Waals surface area contributed by atoms with E-state index in [-0.39, 0.29) is 0 Å². The Bertz CT molecular complexity index is 174. The van der Waals surface area contributed by atoms with Crippen LogP contribution in [0.15, 0.2) is 0 Å². The lowest BCUT2D eigenvalue weighted by Crippen LogP contribution is -2.17. The first-order chi connectivity index (χ1) is 6.19. The highest BCUT2D eigenvalue weighted by Gasteiger charge is 2.41. The molecule has 3 unspecified atom stereocenters. The van der Waals surface area contributed by atoms with Crippen molar-refractivity contribution in [2.75, 3.05) is 0 Å². The van der Waals surface area contributed by atoms with Gasteiger partial charge in [-0.05, 0) is 38.0 Å². The standard InChI is InChI=1S/C9H14O.C3H8/c1-6(10)9-5-7-2-3-8(9)4-7;1-3-2/h7-9H,2-5H2,1H3;3H2,1-2H3. The molecular formula is C12H22O. The van der Waals surface area contributed by atoms with Crippen molar-refractivity contribution in [2.45, 2.75) is 52.9 Å². The van der Waals surface area contributed by atoms with Gasteiger partial charge in [0.2, 0.25) is 0 Å². The Morgan fingerprint density at radius 3 is 2.08 bits per heavy atom. The second kappa shape index (κ2) is 4.78. The van der Waals surface area contributed by atoms with Crippen LogP contribution in [0.25, 0.3) is 0 Å². The van der Waals surface area contributed by atoms with Crippen LogP contribution in [0.5, 0.6) is 0 Å². The van der Waals surface area contributed by atoms with E-state index in [2.05, 4.69) is 13.8 Å². The maximum absolute atomic E-state index is 11.0. The highest BCUT2D eigenvalue weighted by atomic mass is 16.1. The van der Waals surface area contributed by atoms with E-state index in [1.807, 2.05) is 0 Å². The minimum absolute atomic E-state index is 0.437. The quantitative estimate of drug-likeness (QED) is 0.607. The molecule has 0 aliphatic heterocycles. The summed E-state index contributed by atoms with van der Waals surface area (Å²) < 4.78 is 0. The first-order valence-electron chi connectivity index (χ1n) is 5.69. The number of rotatable bonds is 1. The molecule has 0 N–H and O–H groups in total. The number of fused-ring (bicyclic) bond motifs is 2. The zero-order chi connectivity index (χ0) is 9.84. The van der Waals surface area contributed by atoms with Crippen LogP contribution in [0.1, 0.15) is 52.9 Å². The minimum Gasteiger partial charge on any atom is -0.300 e. The van der Waals surface area contributed by atoms with Crippen molar-refractivity contribution in [3.63, 3.8) is 0 Å². The van der Waals surface area contributed by atoms with E-state index in [1.54, 1.807) is 6.92 Å². The second-order valence-electron chi connectivity index (χ2n) is 4.60. The molecule has 0 aromatic carbocycles. The molecule has 0 saturated heterocycles. The molecule has 2 aliphatic rings. The smallest absolute Gasteiger partial charge is 0.133 e. The molecule has 2 aliphatic carbocycles. The van der Waals surface area contributed by atoms with Crippen molar-refractivity contribution >= 4 is 5.78 Å². The Morgan fingerprint density at radius 2 is 1.85 bits per heavy atom. The highest BCUT2D eigenvalue weighted by molar-refractivity contribution is 5.79. The molecule has 0 heterocycles. The summed E-state index contributed by atoms with van der Waals surface area (Å²) in [6, 6.07) is 0. The van der Waals surface area contributed by atoms with Crippen molar-refractivity contribution in [3.05, 3.63) is 0 Å². The van der Waals surface area contributed by atoms with Crippen molar-refractivity contribution < 1.29 is 4.79 Å².